The van der Waals surface area contributed by atoms with Crippen molar-refractivity contribution in [1.29, 1.82) is 0 Å². The van der Waals surface area contributed by atoms with Crippen molar-refractivity contribution in [1.82, 2.24) is 0 Å². The molecular formula is C26H35N. The molecule has 0 saturated carbocycles. The van der Waals surface area contributed by atoms with Gasteiger partial charge >= 0.3 is 0 Å². The Morgan fingerprint density at radius 1 is 1.11 bits per heavy atom. The van der Waals surface area contributed by atoms with Crippen LogP contribution in [0, 0.1) is 0 Å². The molecule has 144 valence electrons. The monoisotopic (exact) mass is 361 g/mol. The van der Waals surface area contributed by atoms with Gasteiger partial charge in [-0.15, -0.1) is 6.58 Å². The van der Waals surface area contributed by atoms with Crippen LogP contribution in [-0.4, -0.2) is 6.04 Å². The number of rotatable bonds is 7. The van der Waals surface area contributed by atoms with Crippen molar-refractivity contribution in [3.63, 3.8) is 0 Å². The Bertz CT molecular complexity index is 650. The third-order valence-corrected chi connectivity index (χ3v) is 4.38. The minimum atomic E-state index is 0.223. The quantitative estimate of drug-likeness (QED) is 0.381. The molecule has 0 bridgehead atoms. The molecule has 0 spiro atoms. The Balaban J connectivity index is 2.72. The highest BCUT2D eigenvalue weighted by atomic mass is 14.6. The van der Waals surface area contributed by atoms with Gasteiger partial charge in [0.15, 0.2) is 0 Å². The number of hydrogen-bond donors (Lipinski definition) is 1. The highest BCUT2D eigenvalue weighted by molar-refractivity contribution is 5.31. The molecular weight excluding hydrogens is 326 g/mol. The first-order chi connectivity index (χ1) is 13.2. The molecule has 0 saturated heterocycles. The third-order valence-electron chi connectivity index (χ3n) is 4.38. The topological polar surface area (TPSA) is 26.0 Å². The molecule has 0 heterocycles. The van der Waals surface area contributed by atoms with Crippen molar-refractivity contribution in [2.75, 3.05) is 0 Å². The van der Waals surface area contributed by atoms with Crippen LogP contribution in [0.25, 0.3) is 0 Å². The Morgan fingerprint density at radius 3 is 2.70 bits per heavy atom. The molecule has 0 amide bonds. The summed E-state index contributed by atoms with van der Waals surface area (Å²) < 4.78 is 0. The van der Waals surface area contributed by atoms with Crippen LogP contribution in [0.3, 0.4) is 0 Å². The van der Waals surface area contributed by atoms with E-state index in [-0.39, 0.29) is 6.04 Å². The van der Waals surface area contributed by atoms with Crippen molar-refractivity contribution in [2.45, 2.75) is 51.0 Å². The van der Waals surface area contributed by atoms with E-state index in [1.165, 1.54) is 11.1 Å². The summed E-state index contributed by atoms with van der Waals surface area (Å²) in [7, 11) is 0. The summed E-state index contributed by atoms with van der Waals surface area (Å²) in [5, 5.41) is 0. The van der Waals surface area contributed by atoms with Gasteiger partial charge < -0.3 is 5.73 Å². The summed E-state index contributed by atoms with van der Waals surface area (Å²) in [6.45, 7) is 11.7. The fourth-order valence-corrected chi connectivity index (χ4v) is 2.83. The minimum Gasteiger partial charge on any atom is -0.327 e. The van der Waals surface area contributed by atoms with Gasteiger partial charge in [0, 0.05) is 6.04 Å². The summed E-state index contributed by atoms with van der Waals surface area (Å²) in [4.78, 5) is 0. The van der Waals surface area contributed by atoms with Gasteiger partial charge in [0.1, 0.15) is 0 Å². The van der Waals surface area contributed by atoms with E-state index in [0.717, 1.165) is 50.5 Å². The standard InChI is InChI=1S/C26H35N/c1-4-6-7-8-16-24(5-2)17-11-12-19-25-18-10-9-15-23(3)22-26(27)21-14-13-20-25/h4-5,7-12,15,17-19,26H,1-3,6,13-14,16,20-22,27H2/b8-7-,12-11-,15-9-,18-10-,24-17-,25-19+. The van der Waals surface area contributed by atoms with E-state index < -0.39 is 0 Å². The average Bonchev–Trinajstić information content (AvgIpc) is 2.65. The Morgan fingerprint density at radius 2 is 1.93 bits per heavy atom. The molecule has 1 rings (SSSR count). The van der Waals surface area contributed by atoms with Crippen LogP contribution in [0.5, 0.6) is 0 Å². The molecule has 2 N–H and O–H groups in total. The molecule has 1 nitrogen and oxygen atoms in total. The lowest BCUT2D eigenvalue weighted by molar-refractivity contribution is 0.563. The largest absolute Gasteiger partial charge is 0.327 e. The van der Waals surface area contributed by atoms with E-state index >= 15 is 0 Å². The van der Waals surface area contributed by atoms with Crippen molar-refractivity contribution < 1.29 is 0 Å². The molecule has 0 aromatic rings. The van der Waals surface area contributed by atoms with Gasteiger partial charge in [-0.25, -0.2) is 0 Å². The molecule has 0 fully saturated rings. The molecule has 1 heteroatoms. The molecule has 1 atom stereocenters. The molecule has 1 unspecified atom stereocenters. The Kier molecular flexibility index (Phi) is 12.4. The number of hydrogen-bond acceptors (Lipinski definition) is 1. The molecule has 1 aliphatic rings. The van der Waals surface area contributed by atoms with Gasteiger partial charge in [-0.2, -0.15) is 0 Å². The highest BCUT2D eigenvalue weighted by Gasteiger charge is 2.04. The molecule has 0 radical (unpaired) electrons. The van der Waals surface area contributed by atoms with Gasteiger partial charge in [0.25, 0.3) is 0 Å². The lowest BCUT2D eigenvalue weighted by Crippen LogP contribution is -2.19. The van der Waals surface area contributed by atoms with Crippen LogP contribution in [0.1, 0.15) is 44.9 Å². The summed E-state index contributed by atoms with van der Waals surface area (Å²) >= 11 is 0. The van der Waals surface area contributed by atoms with Crippen molar-refractivity contribution in [3.8, 4) is 0 Å². The minimum absolute atomic E-state index is 0.223. The summed E-state index contributed by atoms with van der Waals surface area (Å²) in [6, 6.07) is 0.223. The zero-order chi connectivity index (χ0) is 19.7. The Labute approximate surface area is 166 Å². The van der Waals surface area contributed by atoms with Gasteiger partial charge in [0.05, 0.1) is 0 Å². The normalized spacial score (nSPS) is 23.9. The lowest BCUT2D eigenvalue weighted by Gasteiger charge is -2.12. The molecule has 0 aromatic carbocycles. The van der Waals surface area contributed by atoms with Crippen LogP contribution in [0.15, 0.2) is 109 Å². The fraction of sp³-hybridized carbons (Fsp3) is 0.308. The van der Waals surface area contributed by atoms with Crippen LogP contribution < -0.4 is 5.73 Å². The van der Waals surface area contributed by atoms with Gasteiger partial charge in [-0.05, 0) is 49.7 Å². The first-order valence-electron chi connectivity index (χ1n) is 9.88. The fourth-order valence-electron chi connectivity index (χ4n) is 2.83. The van der Waals surface area contributed by atoms with Crippen molar-refractivity contribution in [3.05, 3.63) is 109 Å². The maximum Gasteiger partial charge on any atom is 0.00791 e. The van der Waals surface area contributed by atoms with Crippen LogP contribution in [-0.2, 0) is 0 Å². The van der Waals surface area contributed by atoms with E-state index in [9.17, 15) is 0 Å². The summed E-state index contributed by atoms with van der Waals surface area (Å²) in [5.74, 6) is 0. The van der Waals surface area contributed by atoms with E-state index in [2.05, 4.69) is 80.5 Å². The van der Waals surface area contributed by atoms with Gasteiger partial charge in [-0.3, -0.25) is 0 Å². The lowest BCUT2D eigenvalue weighted by atomic mass is 9.99. The second kappa shape index (κ2) is 14.8. The van der Waals surface area contributed by atoms with Crippen LogP contribution >= 0.6 is 0 Å². The smallest absolute Gasteiger partial charge is 0.00791 e. The zero-order valence-electron chi connectivity index (χ0n) is 16.7. The number of allylic oxidation sites excluding steroid dienone is 14. The summed E-state index contributed by atoms with van der Waals surface area (Å²) in [6.07, 6.45) is 32.1. The number of nitrogens with two attached hydrogens (primary N) is 1. The second-order valence-corrected chi connectivity index (χ2v) is 6.86. The van der Waals surface area contributed by atoms with Crippen LogP contribution in [0.4, 0.5) is 0 Å². The maximum atomic E-state index is 6.17. The first kappa shape index (κ1) is 22.7. The summed E-state index contributed by atoms with van der Waals surface area (Å²) in [5.41, 5.74) is 9.80. The predicted octanol–water partition coefficient (Wildman–Crippen LogP) is 7.06. The van der Waals surface area contributed by atoms with E-state index in [1.807, 2.05) is 12.2 Å². The molecule has 0 aromatic heterocycles. The van der Waals surface area contributed by atoms with Gasteiger partial charge in [0.2, 0.25) is 0 Å². The van der Waals surface area contributed by atoms with E-state index in [4.69, 9.17) is 5.73 Å². The van der Waals surface area contributed by atoms with E-state index in [1.54, 1.807) is 0 Å². The SMILES string of the molecule is C=CC/C=C\C\C(C=C)=C/C=C\C=C1/C=C\C=C/C(=C)CC(N)CCCC1. The first-order valence-corrected chi connectivity index (χ1v) is 9.88. The highest BCUT2D eigenvalue weighted by Crippen LogP contribution is 2.16. The molecule has 27 heavy (non-hydrogen) atoms. The zero-order valence-corrected chi connectivity index (χ0v) is 16.7. The molecule has 1 aliphatic carbocycles. The molecule has 0 aliphatic heterocycles. The van der Waals surface area contributed by atoms with E-state index in [0.29, 0.717) is 0 Å². The third kappa shape index (κ3) is 11.8. The van der Waals surface area contributed by atoms with Crippen molar-refractivity contribution in [2.24, 2.45) is 5.73 Å². The Hall–Kier alpha value is -2.38. The second-order valence-electron chi connectivity index (χ2n) is 6.86. The van der Waals surface area contributed by atoms with Gasteiger partial charge in [-0.1, -0.05) is 98.1 Å². The van der Waals surface area contributed by atoms with Crippen molar-refractivity contribution >= 4 is 0 Å². The maximum absolute atomic E-state index is 6.17. The van der Waals surface area contributed by atoms with Crippen LogP contribution in [0.2, 0.25) is 0 Å². The predicted molar refractivity (Wildman–Crippen MR) is 123 cm³/mol. The average molecular weight is 362 g/mol.